The first-order valence-corrected chi connectivity index (χ1v) is 5.46. The minimum atomic E-state index is -1.19. The third-order valence-corrected chi connectivity index (χ3v) is 2.76. The first kappa shape index (κ1) is 11.9. The zero-order valence-corrected chi connectivity index (χ0v) is 10.0. The summed E-state index contributed by atoms with van der Waals surface area (Å²) in [7, 11) is 0. The minimum absolute atomic E-state index is 0.209. The van der Waals surface area contributed by atoms with Crippen LogP contribution in [0.15, 0.2) is 0 Å². The molecule has 0 amide bonds. The molecule has 0 aromatic heterocycles. The number of halogens is 3. The molecule has 2 unspecified atom stereocenters. The second-order valence-corrected chi connectivity index (χ2v) is 5.92. The van der Waals surface area contributed by atoms with Gasteiger partial charge in [0.2, 0.25) is 3.79 Å². The smallest absolute Gasteiger partial charge is 0.203 e. The molecule has 0 spiro atoms. The average Bonchev–Trinajstić information content (AvgIpc) is 1.96. The van der Waals surface area contributed by atoms with Gasteiger partial charge in [-0.3, -0.25) is 4.90 Å². The van der Waals surface area contributed by atoms with E-state index in [1.165, 1.54) is 0 Å². The van der Waals surface area contributed by atoms with Crippen LogP contribution in [0.2, 0.25) is 0 Å². The Labute approximate surface area is 94.1 Å². The molecule has 0 aromatic rings. The quantitative estimate of drug-likeness (QED) is 0.659. The Bertz CT molecular complexity index is 171. The predicted molar refractivity (Wildman–Crippen MR) is 56.7 cm³/mol. The van der Waals surface area contributed by atoms with E-state index in [9.17, 15) is 0 Å². The summed E-state index contributed by atoms with van der Waals surface area (Å²) in [6, 6.07) is 0.310. The highest BCUT2D eigenvalue weighted by atomic mass is 35.6. The molecule has 0 N–H and O–H groups in total. The topological polar surface area (TPSA) is 12.5 Å². The Morgan fingerprint density at radius 2 is 2.00 bits per heavy atom. The Balaban J connectivity index is 2.49. The van der Waals surface area contributed by atoms with E-state index in [1.54, 1.807) is 0 Å². The van der Waals surface area contributed by atoms with Crippen LogP contribution in [-0.2, 0) is 4.74 Å². The van der Waals surface area contributed by atoms with Gasteiger partial charge in [-0.1, -0.05) is 34.8 Å². The van der Waals surface area contributed by atoms with Crippen molar-refractivity contribution < 1.29 is 4.74 Å². The molecular formula is C8H14Cl3NO. The SMILES string of the molecule is CC1OCCN(CC(Cl)(Cl)Cl)C1C. The molecule has 1 heterocycles. The maximum absolute atomic E-state index is 5.73. The summed E-state index contributed by atoms with van der Waals surface area (Å²) in [5.74, 6) is 0. The van der Waals surface area contributed by atoms with Crippen LogP contribution in [0, 0.1) is 0 Å². The fourth-order valence-electron chi connectivity index (χ4n) is 1.45. The largest absolute Gasteiger partial charge is 0.376 e. The Hall–Kier alpha value is 0.790. The van der Waals surface area contributed by atoms with Gasteiger partial charge in [-0.25, -0.2) is 0 Å². The molecule has 2 atom stereocenters. The molecule has 13 heavy (non-hydrogen) atoms. The summed E-state index contributed by atoms with van der Waals surface area (Å²) < 4.78 is 4.27. The first-order valence-electron chi connectivity index (χ1n) is 4.32. The highest BCUT2D eigenvalue weighted by molar-refractivity contribution is 6.67. The van der Waals surface area contributed by atoms with Gasteiger partial charge in [0.25, 0.3) is 0 Å². The zero-order chi connectivity index (χ0) is 10.1. The van der Waals surface area contributed by atoms with Crippen LogP contribution in [0.4, 0.5) is 0 Å². The zero-order valence-electron chi connectivity index (χ0n) is 7.77. The highest BCUT2D eigenvalue weighted by Crippen LogP contribution is 2.29. The number of nitrogens with zero attached hydrogens (tertiary/aromatic N) is 1. The predicted octanol–water partition coefficient (Wildman–Crippen LogP) is 2.47. The van der Waals surface area contributed by atoms with Gasteiger partial charge in [0.05, 0.1) is 12.7 Å². The lowest BCUT2D eigenvalue weighted by Crippen LogP contribution is -2.51. The standard InChI is InChI=1S/C8H14Cl3NO/c1-6-7(2)13-4-3-12(6)5-8(9,10)11/h6-7H,3-5H2,1-2H3. The van der Waals surface area contributed by atoms with Gasteiger partial charge in [0, 0.05) is 19.1 Å². The minimum Gasteiger partial charge on any atom is -0.376 e. The number of alkyl halides is 3. The lowest BCUT2D eigenvalue weighted by Gasteiger charge is -2.39. The van der Waals surface area contributed by atoms with Crippen LogP contribution in [0.3, 0.4) is 0 Å². The van der Waals surface area contributed by atoms with Crippen LogP contribution in [0.1, 0.15) is 13.8 Å². The van der Waals surface area contributed by atoms with Gasteiger partial charge in [0.15, 0.2) is 0 Å². The van der Waals surface area contributed by atoms with Crippen LogP contribution >= 0.6 is 34.8 Å². The molecule has 0 aromatic carbocycles. The number of hydrogen-bond acceptors (Lipinski definition) is 2. The normalized spacial score (nSPS) is 32.1. The highest BCUT2D eigenvalue weighted by Gasteiger charge is 2.31. The molecule has 1 saturated heterocycles. The van der Waals surface area contributed by atoms with Crippen LogP contribution in [0.25, 0.3) is 0 Å². The summed E-state index contributed by atoms with van der Waals surface area (Å²) in [5.41, 5.74) is 0. The van der Waals surface area contributed by atoms with Crippen molar-refractivity contribution in [3.8, 4) is 0 Å². The van der Waals surface area contributed by atoms with Crippen molar-refractivity contribution in [2.45, 2.75) is 29.8 Å². The van der Waals surface area contributed by atoms with Crippen molar-refractivity contribution in [2.75, 3.05) is 19.7 Å². The third-order valence-electron chi connectivity index (χ3n) is 2.40. The van der Waals surface area contributed by atoms with Crippen molar-refractivity contribution in [3.05, 3.63) is 0 Å². The molecule has 2 nitrogen and oxygen atoms in total. The molecule has 1 aliphatic rings. The second-order valence-electron chi connectivity index (χ2n) is 3.40. The van der Waals surface area contributed by atoms with Crippen molar-refractivity contribution in [3.63, 3.8) is 0 Å². The van der Waals surface area contributed by atoms with Crippen molar-refractivity contribution >= 4 is 34.8 Å². The van der Waals surface area contributed by atoms with Crippen molar-refractivity contribution in [1.29, 1.82) is 0 Å². The fourth-order valence-corrected chi connectivity index (χ4v) is 1.91. The lowest BCUT2D eigenvalue weighted by molar-refractivity contribution is -0.0543. The molecule has 0 bridgehead atoms. The number of morpholine rings is 1. The molecule has 0 aliphatic carbocycles. The maximum Gasteiger partial charge on any atom is 0.203 e. The Kier molecular flexibility index (Phi) is 4.14. The molecule has 78 valence electrons. The van der Waals surface area contributed by atoms with Gasteiger partial charge < -0.3 is 4.74 Å². The number of ether oxygens (including phenoxy) is 1. The third kappa shape index (κ3) is 3.80. The van der Waals surface area contributed by atoms with Crippen molar-refractivity contribution in [1.82, 2.24) is 4.90 Å². The van der Waals surface area contributed by atoms with Gasteiger partial charge >= 0.3 is 0 Å². The monoisotopic (exact) mass is 245 g/mol. The van der Waals surface area contributed by atoms with Gasteiger partial charge in [-0.2, -0.15) is 0 Å². The van der Waals surface area contributed by atoms with E-state index >= 15 is 0 Å². The summed E-state index contributed by atoms with van der Waals surface area (Å²) in [5, 5.41) is 0. The molecule has 5 heteroatoms. The van der Waals surface area contributed by atoms with Crippen LogP contribution in [-0.4, -0.2) is 40.5 Å². The van der Waals surface area contributed by atoms with Crippen molar-refractivity contribution in [2.24, 2.45) is 0 Å². The molecule has 1 aliphatic heterocycles. The number of hydrogen-bond donors (Lipinski definition) is 0. The molecule has 1 rings (SSSR count). The van der Waals surface area contributed by atoms with Crippen LogP contribution < -0.4 is 0 Å². The second kappa shape index (κ2) is 4.54. The lowest BCUT2D eigenvalue weighted by atomic mass is 10.1. The summed E-state index contributed by atoms with van der Waals surface area (Å²) in [6.45, 7) is 6.13. The fraction of sp³-hybridized carbons (Fsp3) is 1.00. The Morgan fingerprint density at radius 3 is 2.54 bits per heavy atom. The first-order chi connectivity index (χ1) is 5.90. The molecule has 0 saturated carbocycles. The van der Waals surface area contributed by atoms with Crippen LogP contribution in [0.5, 0.6) is 0 Å². The van der Waals surface area contributed by atoms with E-state index in [2.05, 4.69) is 11.8 Å². The summed E-state index contributed by atoms with van der Waals surface area (Å²) in [4.78, 5) is 2.14. The number of rotatable bonds is 1. The Morgan fingerprint density at radius 1 is 1.38 bits per heavy atom. The van der Waals surface area contributed by atoms with Gasteiger partial charge in [-0.15, -0.1) is 0 Å². The molecular weight excluding hydrogens is 232 g/mol. The van der Waals surface area contributed by atoms with E-state index in [4.69, 9.17) is 39.5 Å². The molecule has 0 radical (unpaired) electrons. The van der Waals surface area contributed by atoms with Gasteiger partial charge in [0.1, 0.15) is 0 Å². The van der Waals surface area contributed by atoms with E-state index in [1.807, 2.05) is 6.92 Å². The molecule has 1 fully saturated rings. The maximum atomic E-state index is 5.73. The van der Waals surface area contributed by atoms with E-state index in [0.29, 0.717) is 19.2 Å². The van der Waals surface area contributed by atoms with E-state index < -0.39 is 3.79 Å². The van der Waals surface area contributed by atoms with E-state index in [-0.39, 0.29) is 6.10 Å². The average molecular weight is 247 g/mol. The summed E-state index contributed by atoms with van der Waals surface area (Å²) >= 11 is 17.2. The van der Waals surface area contributed by atoms with E-state index in [0.717, 1.165) is 6.54 Å². The van der Waals surface area contributed by atoms with Gasteiger partial charge in [-0.05, 0) is 13.8 Å². The summed E-state index contributed by atoms with van der Waals surface area (Å²) in [6.07, 6.45) is 0.209.